The van der Waals surface area contributed by atoms with Gasteiger partial charge in [-0.15, -0.1) is 10.2 Å². The summed E-state index contributed by atoms with van der Waals surface area (Å²) >= 11 is 2.73. The number of hydrogen-bond donors (Lipinski definition) is 1. The summed E-state index contributed by atoms with van der Waals surface area (Å²) in [6.07, 6.45) is 1.88. The number of nitrogens with one attached hydrogen (secondary N) is 1. The van der Waals surface area contributed by atoms with E-state index in [1.165, 1.54) is 27.7 Å². The molecule has 0 aliphatic heterocycles. The third-order valence-electron chi connectivity index (χ3n) is 2.70. The molecule has 3 rings (SSSR count). The van der Waals surface area contributed by atoms with Crippen LogP contribution in [0.2, 0.25) is 0 Å². The lowest BCUT2D eigenvalue weighted by molar-refractivity contribution is -0.116. The van der Waals surface area contributed by atoms with Crippen LogP contribution in [-0.4, -0.2) is 26.9 Å². The molecule has 0 bridgehead atoms. The van der Waals surface area contributed by atoms with Gasteiger partial charge in [0.15, 0.2) is 9.92 Å². The Hall–Kier alpha value is -2.13. The first-order chi connectivity index (χ1) is 10.2. The van der Waals surface area contributed by atoms with Gasteiger partial charge >= 0.3 is 5.76 Å². The molecule has 2 heterocycles. The summed E-state index contributed by atoms with van der Waals surface area (Å²) in [7, 11) is 0. The number of para-hydroxylation sites is 2. The fourth-order valence-electron chi connectivity index (χ4n) is 1.81. The second kappa shape index (κ2) is 5.70. The number of amides is 1. The van der Waals surface area contributed by atoms with Gasteiger partial charge in [0, 0.05) is 0 Å². The van der Waals surface area contributed by atoms with Crippen LogP contribution in [-0.2, 0) is 11.3 Å². The molecule has 0 saturated carbocycles. The Morgan fingerprint density at radius 2 is 2.24 bits per heavy atom. The number of carbonyl (C=O) groups is 1. The highest BCUT2D eigenvalue weighted by molar-refractivity contribution is 8.00. The standard InChI is InChI=1S/C12H10N4O3S2/c1-20-11-15-14-10(21-11)13-9(17)6-16-7-4-2-3-5-8(7)19-12(16)18/h2-5H,6H2,1H3,(H,13,14,17). The van der Waals surface area contributed by atoms with E-state index in [0.717, 1.165) is 4.34 Å². The summed E-state index contributed by atoms with van der Waals surface area (Å²) in [5, 5.41) is 10.8. The molecule has 0 aliphatic carbocycles. The first kappa shape index (κ1) is 13.8. The molecule has 0 spiro atoms. The van der Waals surface area contributed by atoms with Crippen LogP contribution in [0, 0.1) is 0 Å². The number of anilines is 1. The van der Waals surface area contributed by atoms with Gasteiger partial charge in [-0.3, -0.25) is 14.7 Å². The van der Waals surface area contributed by atoms with Crippen molar-refractivity contribution in [3.05, 3.63) is 34.8 Å². The van der Waals surface area contributed by atoms with Crippen molar-refractivity contribution in [2.45, 2.75) is 10.9 Å². The molecule has 0 radical (unpaired) electrons. The van der Waals surface area contributed by atoms with Crippen molar-refractivity contribution in [3.63, 3.8) is 0 Å². The normalized spacial score (nSPS) is 10.9. The van der Waals surface area contributed by atoms with Crippen LogP contribution in [0.1, 0.15) is 0 Å². The maximum atomic E-state index is 12.0. The third-order valence-corrected chi connectivity index (χ3v) is 4.52. The summed E-state index contributed by atoms with van der Waals surface area (Å²) in [5.41, 5.74) is 1.04. The Morgan fingerprint density at radius 1 is 1.43 bits per heavy atom. The van der Waals surface area contributed by atoms with Crippen LogP contribution in [0.25, 0.3) is 11.1 Å². The number of aromatic nitrogens is 3. The fraction of sp³-hybridized carbons (Fsp3) is 0.167. The van der Waals surface area contributed by atoms with Gasteiger partial charge in [-0.1, -0.05) is 35.2 Å². The van der Waals surface area contributed by atoms with E-state index in [9.17, 15) is 9.59 Å². The van der Waals surface area contributed by atoms with Gasteiger partial charge in [-0.05, 0) is 18.4 Å². The lowest BCUT2D eigenvalue weighted by Gasteiger charge is -2.01. The first-order valence-electron chi connectivity index (χ1n) is 5.93. The minimum absolute atomic E-state index is 0.135. The van der Waals surface area contributed by atoms with E-state index in [-0.39, 0.29) is 12.5 Å². The number of hydrogen-bond acceptors (Lipinski definition) is 7. The molecule has 3 aromatic rings. The van der Waals surface area contributed by atoms with Gasteiger partial charge in [0.25, 0.3) is 0 Å². The Kier molecular flexibility index (Phi) is 3.76. The van der Waals surface area contributed by atoms with E-state index in [1.54, 1.807) is 24.3 Å². The average Bonchev–Trinajstić information content (AvgIpc) is 3.04. The second-order valence-electron chi connectivity index (χ2n) is 4.05. The number of carbonyl (C=O) groups excluding carboxylic acids is 1. The fourth-order valence-corrected chi connectivity index (χ4v) is 3.00. The summed E-state index contributed by atoms with van der Waals surface area (Å²) in [6, 6.07) is 6.95. The highest BCUT2D eigenvalue weighted by atomic mass is 32.2. The molecule has 0 atom stereocenters. The zero-order chi connectivity index (χ0) is 14.8. The second-order valence-corrected chi connectivity index (χ2v) is 6.08. The van der Waals surface area contributed by atoms with Gasteiger partial charge < -0.3 is 4.42 Å². The van der Waals surface area contributed by atoms with Crippen LogP contribution < -0.4 is 11.1 Å². The van der Waals surface area contributed by atoms with Gasteiger partial charge in [-0.2, -0.15) is 0 Å². The summed E-state index contributed by atoms with van der Waals surface area (Å²) in [5.74, 6) is -0.916. The maximum absolute atomic E-state index is 12.0. The minimum atomic E-state index is -0.562. The SMILES string of the molecule is CSc1nnc(NC(=O)Cn2c(=O)oc3ccccc32)s1. The summed E-state index contributed by atoms with van der Waals surface area (Å²) in [6.45, 7) is -0.135. The number of rotatable bonds is 4. The molecule has 0 unspecified atom stereocenters. The van der Waals surface area contributed by atoms with Gasteiger partial charge in [-0.25, -0.2) is 4.79 Å². The molecule has 9 heteroatoms. The summed E-state index contributed by atoms with van der Waals surface area (Å²) < 4.78 is 7.11. The van der Waals surface area contributed by atoms with Crippen molar-refractivity contribution >= 4 is 45.2 Å². The van der Waals surface area contributed by atoms with Crippen LogP contribution in [0.4, 0.5) is 5.13 Å². The molecular formula is C12H10N4O3S2. The van der Waals surface area contributed by atoms with E-state index >= 15 is 0 Å². The monoisotopic (exact) mass is 322 g/mol. The van der Waals surface area contributed by atoms with Gasteiger partial charge in [0.1, 0.15) is 6.54 Å². The van der Waals surface area contributed by atoms with Crippen molar-refractivity contribution in [3.8, 4) is 0 Å². The van der Waals surface area contributed by atoms with Crippen LogP contribution in [0.15, 0.2) is 37.8 Å². The molecule has 1 amide bonds. The predicted octanol–water partition coefficient (Wildman–Crippen LogP) is 1.81. The largest absolute Gasteiger partial charge is 0.420 e. The lowest BCUT2D eigenvalue weighted by atomic mass is 10.3. The molecule has 21 heavy (non-hydrogen) atoms. The maximum Gasteiger partial charge on any atom is 0.420 e. The van der Waals surface area contributed by atoms with E-state index in [1.807, 2.05) is 6.26 Å². The topological polar surface area (TPSA) is 90.0 Å². The summed E-state index contributed by atoms with van der Waals surface area (Å²) in [4.78, 5) is 23.8. The molecule has 0 saturated heterocycles. The van der Waals surface area contributed by atoms with Crippen molar-refractivity contribution in [2.24, 2.45) is 0 Å². The minimum Gasteiger partial charge on any atom is -0.408 e. The Bertz CT molecular complexity index is 851. The number of oxazole rings is 1. The lowest BCUT2D eigenvalue weighted by Crippen LogP contribution is -2.24. The highest BCUT2D eigenvalue weighted by Crippen LogP contribution is 2.23. The van der Waals surface area contributed by atoms with Crippen molar-refractivity contribution in [1.29, 1.82) is 0 Å². The Balaban J connectivity index is 1.80. The quantitative estimate of drug-likeness (QED) is 0.582. The van der Waals surface area contributed by atoms with Crippen LogP contribution >= 0.6 is 23.1 Å². The Morgan fingerprint density at radius 3 is 3.00 bits per heavy atom. The number of thioether (sulfide) groups is 1. The first-order valence-corrected chi connectivity index (χ1v) is 7.97. The number of benzene rings is 1. The number of fused-ring (bicyclic) bond motifs is 1. The van der Waals surface area contributed by atoms with Crippen LogP contribution in [0.3, 0.4) is 0 Å². The van der Waals surface area contributed by atoms with E-state index < -0.39 is 5.76 Å². The van der Waals surface area contributed by atoms with Crippen molar-refractivity contribution in [2.75, 3.05) is 11.6 Å². The predicted molar refractivity (Wildman–Crippen MR) is 80.8 cm³/mol. The average molecular weight is 322 g/mol. The molecule has 108 valence electrons. The molecule has 0 fully saturated rings. The van der Waals surface area contributed by atoms with Gasteiger partial charge in [0.05, 0.1) is 5.52 Å². The molecule has 1 aromatic carbocycles. The zero-order valence-corrected chi connectivity index (χ0v) is 12.5. The van der Waals surface area contributed by atoms with Crippen molar-refractivity contribution < 1.29 is 9.21 Å². The molecule has 1 N–H and O–H groups in total. The van der Waals surface area contributed by atoms with Crippen molar-refractivity contribution in [1.82, 2.24) is 14.8 Å². The third kappa shape index (κ3) is 2.83. The van der Waals surface area contributed by atoms with Crippen LogP contribution in [0.5, 0.6) is 0 Å². The smallest absolute Gasteiger partial charge is 0.408 e. The molecule has 7 nitrogen and oxygen atoms in total. The van der Waals surface area contributed by atoms with E-state index in [2.05, 4.69) is 15.5 Å². The highest BCUT2D eigenvalue weighted by Gasteiger charge is 2.13. The Labute approximate surface area is 127 Å². The van der Waals surface area contributed by atoms with E-state index in [0.29, 0.717) is 16.2 Å². The molecule has 2 aromatic heterocycles. The van der Waals surface area contributed by atoms with E-state index in [4.69, 9.17) is 4.42 Å². The number of nitrogens with zero attached hydrogens (tertiary/aromatic N) is 3. The van der Waals surface area contributed by atoms with Gasteiger partial charge in [0.2, 0.25) is 11.0 Å². The zero-order valence-electron chi connectivity index (χ0n) is 10.9. The molecule has 0 aliphatic rings. The molecular weight excluding hydrogens is 312 g/mol.